The number of thiocarbonyl (C=S) groups is 1. The molecule has 6 heteroatoms. The zero-order chi connectivity index (χ0) is 15.1. The molecule has 0 saturated heterocycles. The molecule has 0 fully saturated rings. The number of ether oxygens (including phenoxy) is 1. The van der Waals surface area contributed by atoms with Crippen molar-refractivity contribution in [1.82, 2.24) is 0 Å². The Hall–Kier alpha value is -0.780. The van der Waals surface area contributed by atoms with E-state index in [2.05, 4.69) is 12.2 Å². The Morgan fingerprint density at radius 1 is 1.55 bits per heavy atom. The summed E-state index contributed by atoms with van der Waals surface area (Å²) in [6.07, 6.45) is 3.44. The number of carbonyl (C=O) groups is 1. The molecule has 1 rings (SSSR count). The van der Waals surface area contributed by atoms with Gasteiger partial charge in [0, 0.05) is 12.5 Å². The van der Waals surface area contributed by atoms with Crippen LogP contribution in [0.2, 0.25) is 5.02 Å². The van der Waals surface area contributed by atoms with E-state index in [1.807, 2.05) is 18.4 Å². The first-order valence-electron chi connectivity index (χ1n) is 6.30. The lowest BCUT2D eigenvalue weighted by atomic mass is 10.0. The molecule has 0 bridgehead atoms. The third-order valence-electron chi connectivity index (χ3n) is 2.64. The molecule has 1 aromatic carbocycles. The van der Waals surface area contributed by atoms with Crippen LogP contribution in [0.5, 0.6) is 0 Å². The van der Waals surface area contributed by atoms with E-state index in [1.165, 1.54) is 18.7 Å². The van der Waals surface area contributed by atoms with Crippen molar-refractivity contribution in [2.75, 3.05) is 11.6 Å². The summed E-state index contributed by atoms with van der Waals surface area (Å²) in [5.41, 5.74) is 1.44. The number of benzene rings is 1. The van der Waals surface area contributed by atoms with Gasteiger partial charge in [0.05, 0.1) is 10.7 Å². The maximum Gasteiger partial charge on any atom is 0.221 e. The Balaban J connectivity index is 3.06. The molecule has 1 aromatic rings. The van der Waals surface area contributed by atoms with Gasteiger partial charge in [-0.1, -0.05) is 48.8 Å². The normalized spacial score (nSPS) is 11.8. The third-order valence-corrected chi connectivity index (χ3v) is 4.09. The zero-order valence-corrected chi connectivity index (χ0v) is 14.1. The van der Waals surface area contributed by atoms with Gasteiger partial charge in [-0.15, -0.1) is 0 Å². The maximum atomic E-state index is 11.2. The van der Waals surface area contributed by atoms with E-state index in [0.717, 1.165) is 18.4 Å². The number of carbonyl (C=O) groups excluding carboxylic acids is 1. The van der Waals surface area contributed by atoms with E-state index in [4.69, 9.17) is 28.6 Å². The second-order valence-corrected chi connectivity index (χ2v) is 6.03. The number of hydrogen-bond acceptors (Lipinski definition) is 4. The van der Waals surface area contributed by atoms with Crippen molar-refractivity contribution in [2.45, 2.75) is 32.8 Å². The quantitative estimate of drug-likeness (QED) is 0.786. The standard InChI is InChI=1S/C14H18ClNO2S2/c1-4-6-12(18-14(19)20-3)10-7-5-8-11(13(10)15)16-9(2)17/h5,7-8,12H,4,6H2,1-3H3,(H,16,17)/t12-/m0/s1. The van der Waals surface area contributed by atoms with E-state index < -0.39 is 0 Å². The highest BCUT2D eigenvalue weighted by Crippen LogP contribution is 2.35. The molecule has 3 nitrogen and oxygen atoms in total. The minimum absolute atomic E-state index is 0.156. The summed E-state index contributed by atoms with van der Waals surface area (Å²) in [6, 6.07) is 5.51. The summed E-state index contributed by atoms with van der Waals surface area (Å²) in [7, 11) is 0. The maximum absolute atomic E-state index is 11.2. The van der Waals surface area contributed by atoms with Crippen LogP contribution in [0.1, 0.15) is 38.4 Å². The van der Waals surface area contributed by atoms with Crippen LogP contribution in [0.3, 0.4) is 0 Å². The number of thioether (sulfide) groups is 1. The number of amides is 1. The topological polar surface area (TPSA) is 38.3 Å². The number of anilines is 1. The molecule has 0 saturated carbocycles. The Morgan fingerprint density at radius 3 is 2.80 bits per heavy atom. The molecule has 110 valence electrons. The minimum atomic E-state index is -0.193. The van der Waals surface area contributed by atoms with Gasteiger partial charge in [-0.25, -0.2) is 0 Å². The summed E-state index contributed by atoms with van der Waals surface area (Å²) in [6.45, 7) is 3.52. The van der Waals surface area contributed by atoms with Crippen LogP contribution >= 0.6 is 35.6 Å². The smallest absolute Gasteiger partial charge is 0.221 e. The number of hydrogen-bond donors (Lipinski definition) is 1. The van der Waals surface area contributed by atoms with Crippen LogP contribution in [-0.4, -0.2) is 16.5 Å². The predicted molar refractivity (Wildman–Crippen MR) is 90.6 cm³/mol. The molecule has 1 atom stereocenters. The average Bonchev–Trinajstić information content (AvgIpc) is 2.40. The van der Waals surface area contributed by atoms with Crippen molar-refractivity contribution in [1.29, 1.82) is 0 Å². The first kappa shape index (κ1) is 17.3. The Kier molecular flexibility index (Phi) is 7.34. The van der Waals surface area contributed by atoms with Crippen LogP contribution in [0.15, 0.2) is 18.2 Å². The van der Waals surface area contributed by atoms with Crippen molar-refractivity contribution in [3.8, 4) is 0 Å². The van der Waals surface area contributed by atoms with Gasteiger partial charge in [-0.05, 0) is 31.0 Å². The highest BCUT2D eigenvalue weighted by molar-refractivity contribution is 8.22. The van der Waals surface area contributed by atoms with Crippen LogP contribution in [0.25, 0.3) is 0 Å². The Bertz CT molecular complexity index is 494. The molecular weight excluding hydrogens is 314 g/mol. The second-order valence-electron chi connectivity index (χ2n) is 4.24. The second kappa shape index (κ2) is 8.49. The van der Waals surface area contributed by atoms with E-state index in [9.17, 15) is 4.79 Å². The first-order chi connectivity index (χ1) is 9.49. The van der Waals surface area contributed by atoms with Gasteiger partial charge < -0.3 is 10.1 Å². The number of rotatable bonds is 5. The molecule has 0 radical (unpaired) electrons. The molecule has 0 aliphatic heterocycles. The molecular formula is C14H18ClNO2S2. The van der Waals surface area contributed by atoms with Crippen LogP contribution in [0, 0.1) is 0 Å². The highest BCUT2D eigenvalue weighted by atomic mass is 35.5. The molecule has 0 aromatic heterocycles. The third kappa shape index (κ3) is 4.96. The lowest BCUT2D eigenvalue weighted by Crippen LogP contribution is -2.11. The van der Waals surface area contributed by atoms with Gasteiger partial charge >= 0.3 is 0 Å². The van der Waals surface area contributed by atoms with Crippen molar-refractivity contribution >= 4 is 51.6 Å². The van der Waals surface area contributed by atoms with Gasteiger partial charge in [0.1, 0.15) is 6.10 Å². The Labute approximate surface area is 134 Å². The first-order valence-corrected chi connectivity index (χ1v) is 8.31. The summed E-state index contributed by atoms with van der Waals surface area (Å²) in [4.78, 5) is 11.2. The van der Waals surface area contributed by atoms with Crippen molar-refractivity contribution in [3.05, 3.63) is 28.8 Å². The van der Waals surface area contributed by atoms with Gasteiger partial charge in [0.2, 0.25) is 10.3 Å². The SMILES string of the molecule is CCC[C@H](OC(=S)SC)c1cccc(NC(C)=O)c1Cl. The van der Waals surface area contributed by atoms with E-state index >= 15 is 0 Å². The molecule has 0 spiro atoms. The van der Waals surface area contributed by atoms with Gasteiger partial charge in [0.25, 0.3) is 0 Å². The van der Waals surface area contributed by atoms with Crippen LogP contribution in [-0.2, 0) is 9.53 Å². The lowest BCUT2D eigenvalue weighted by molar-refractivity contribution is -0.114. The number of halogens is 1. The van der Waals surface area contributed by atoms with E-state index in [-0.39, 0.29) is 12.0 Å². The molecule has 20 heavy (non-hydrogen) atoms. The lowest BCUT2D eigenvalue weighted by Gasteiger charge is -2.21. The average molecular weight is 332 g/mol. The summed E-state index contributed by atoms with van der Waals surface area (Å²) in [5, 5.41) is 3.22. The predicted octanol–water partition coefficient (Wildman–Crippen LogP) is 4.80. The summed E-state index contributed by atoms with van der Waals surface area (Å²) < 4.78 is 6.25. The summed E-state index contributed by atoms with van der Waals surface area (Å²) >= 11 is 12.9. The highest BCUT2D eigenvalue weighted by Gasteiger charge is 2.19. The molecule has 1 N–H and O–H groups in total. The van der Waals surface area contributed by atoms with Gasteiger partial charge in [-0.2, -0.15) is 0 Å². The van der Waals surface area contributed by atoms with Crippen molar-refractivity contribution < 1.29 is 9.53 Å². The molecule has 1 amide bonds. The van der Waals surface area contributed by atoms with Gasteiger partial charge in [0.15, 0.2) is 0 Å². The molecule has 0 aliphatic carbocycles. The largest absolute Gasteiger partial charge is 0.470 e. The fraction of sp³-hybridized carbons (Fsp3) is 0.429. The Morgan fingerprint density at radius 2 is 2.25 bits per heavy atom. The monoisotopic (exact) mass is 331 g/mol. The van der Waals surface area contributed by atoms with E-state index in [0.29, 0.717) is 15.1 Å². The molecule has 0 aliphatic rings. The fourth-order valence-corrected chi connectivity index (χ4v) is 2.41. The van der Waals surface area contributed by atoms with Crippen LogP contribution in [0.4, 0.5) is 5.69 Å². The van der Waals surface area contributed by atoms with Crippen molar-refractivity contribution in [2.24, 2.45) is 0 Å². The molecule has 0 unspecified atom stereocenters. The fourth-order valence-electron chi connectivity index (χ4n) is 1.79. The van der Waals surface area contributed by atoms with Gasteiger partial charge in [-0.3, -0.25) is 4.79 Å². The van der Waals surface area contributed by atoms with Crippen molar-refractivity contribution in [3.63, 3.8) is 0 Å². The minimum Gasteiger partial charge on any atom is -0.470 e. The number of nitrogens with one attached hydrogen (secondary N) is 1. The van der Waals surface area contributed by atoms with Crippen LogP contribution < -0.4 is 5.32 Å². The van der Waals surface area contributed by atoms with E-state index in [1.54, 1.807) is 6.07 Å². The summed E-state index contributed by atoms with van der Waals surface area (Å²) in [5.74, 6) is -0.156. The zero-order valence-electron chi connectivity index (χ0n) is 11.7. The molecule has 0 heterocycles.